The predicted octanol–water partition coefficient (Wildman–Crippen LogP) is 7.99. The third-order valence-electron chi connectivity index (χ3n) is 7.44. The lowest BCUT2D eigenvalue weighted by molar-refractivity contribution is 0.00490. The second-order valence-electron chi connectivity index (χ2n) is 12.4. The summed E-state index contributed by atoms with van der Waals surface area (Å²) in [5.41, 5.74) is 4.55. The van der Waals surface area contributed by atoms with Crippen LogP contribution in [0.4, 0.5) is 4.79 Å². The summed E-state index contributed by atoms with van der Waals surface area (Å²) in [6.07, 6.45) is 3.94. The van der Waals surface area contributed by atoms with Crippen molar-refractivity contribution >= 4 is 12.0 Å². The van der Waals surface area contributed by atoms with Crippen molar-refractivity contribution in [1.82, 2.24) is 10.2 Å². The van der Waals surface area contributed by atoms with E-state index in [4.69, 9.17) is 4.74 Å². The number of hydrogen-bond donors (Lipinski definition) is 1. The molecular weight excluding hydrogens is 484 g/mol. The summed E-state index contributed by atoms with van der Waals surface area (Å²) in [4.78, 5) is 27.9. The second kappa shape index (κ2) is 12.1. The van der Waals surface area contributed by atoms with Crippen molar-refractivity contribution in [2.75, 3.05) is 0 Å². The highest BCUT2D eigenvalue weighted by molar-refractivity contribution is 5.95. The monoisotopic (exact) mass is 526 g/mol. The van der Waals surface area contributed by atoms with Gasteiger partial charge < -0.3 is 15.0 Å². The molecule has 3 aromatic carbocycles. The van der Waals surface area contributed by atoms with Crippen LogP contribution in [-0.4, -0.2) is 28.5 Å². The van der Waals surface area contributed by atoms with Crippen LogP contribution in [0.3, 0.4) is 0 Å². The topological polar surface area (TPSA) is 58.6 Å². The summed E-state index contributed by atoms with van der Waals surface area (Å²) < 4.78 is 5.80. The van der Waals surface area contributed by atoms with Gasteiger partial charge in [-0.3, -0.25) is 4.79 Å². The third-order valence-corrected chi connectivity index (χ3v) is 7.44. The van der Waals surface area contributed by atoms with E-state index >= 15 is 0 Å². The molecule has 0 heterocycles. The number of nitrogens with one attached hydrogen (secondary N) is 1. The van der Waals surface area contributed by atoms with E-state index in [-0.39, 0.29) is 18.0 Å². The maximum atomic E-state index is 13.2. The van der Waals surface area contributed by atoms with Crippen molar-refractivity contribution in [1.29, 1.82) is 0 Å². The Balaban J connectivity index is 1.45. The minimum Gasteiger partial charge on any atom is -0.444 e. The number of nitrogens with zero attached hydrogens (tertiary/aromatic N) is 1. The summed E-state index contributed by atoms with van der Waals surface area (Å²) in [6.45, 7) is 11.4. The maximum absolute atomic E-state index is 13.2. The number of hydrogen-bond acceptors (Lipinski definition) is 3. The van der Waals surface area contributed by atoms with Crippen LogP contribution in [0.1, 0.15) is 81.8 Å². The van der Waals surface area contributed by atoms with Gasteiger partial charge >= 0.3 is 6.09 Å². The first-order valence-electron chi connectivity index (χ1n) is 14.0. The quantitative estimate of drug-likeness (QED) is 0.339. The average Bonchev–Trinajstić information content (AvgIpc) is 2.90. The fraction of sp³-hybridized carbons (Fsp3) is 0.412. The molecule has 0 unspecified atom stereocenters. The molecule has 4 rings (SSSR count). The molecule has 0 radical (unpaired) electrons. The molecule has 2 amide bonds. The molecule has 0 bridgehead atoms. The highest BCUT2D eigenvalue weighted by Crippen LogP contribution is 2.37. The van der Waals surface area contributed by atoms with E-state index in [1.54, 1.807) is 0 Å². The first-order valence-corrected chi connectivity index (χ1v) is 14.0. The Morgan fingerprint density at radius 1 is 0.872 bits per heavy atom. The Morgan fingerprint density at radius 2 is 1.54 bits per heavy atom. The van der Waals surface area contributed by atoms with Crippen LogP contribution >= 0.6 is 0 Å². The predicted molar refractivity (Wildman–Crippen MR) is 157 cm³/mol. The minimum absolute atomic E-state index is 0.0963. The largest absolute Gasteiger partial charge is 0.444 e. The van der Waals surface area contributed by atoms with Gasteiger partial charge in [0.2, 0.25) is 0 Å². The van der Waals surface area contributed by atoms with E-state index in [9.17, 15) is 9.59 Å². The van der Waals surface area contributed by atoms with Gasteiger partial charge in [-0.25, -0.2) is 4.79 Å². The highest BCUT2D eigenvalue weighted by atomic mass is 16.6. The lowest BCUT2D eigenvalue weighted by Gasteiger charge is -2.40. The number of amides is 2. The summed E-state index contributed by atoms with van der Waals surface area (Å²) in [6, 6.07) is 26.0. The van der Waals surface area contributed by atoms with E-state index < -0.39 is 5.60 Å². The second-order valence-corrected chi connectivity index (χ2v) is 12.4. The van der Waals surface area contributed by atoms with Crippen LogP contribution < -0.4 is 5.32 Å². The molecule has 1 N–H and O–H groups in total. The van der Waals surface area contributed by atoms with Crippen LogP contribution in [-0.2, 0) is 17.8 Å². The van der Waals surface area contributed by atoms with Crippen molar-refractivity contribution in [3.63, 3.8) is 0 Å². The zero-order chi connectivity index (χ0) is 28.0. The lowest BCUT2D eigenvalue weighted by atomic mass is 9.75. The molecule has 1 aliphatic carbocycles. The Morgan fingerprint density at radius 3 is 2.18 bits per heavy atom. The molecule has 206 valence electrons. The molecule has 5 nitrogen and oxygen atoms in total. The van der Waals surface area contributed by atoms with Gasteiger partial charge in [-0.2, -0.15) is 0 Å². The molecule has 39 heavy (non-hydrogen) atoms. The molecular formula is C34H42N2O3. The van der Waals surface area contributed by atoms with Crippen molar-refractivity contribution in [2.24, 2.45) is 5.41 Å². The normalized spacial score (nSPS) is 15.4. The smallest absolute Gasteiger partial charge is 0.410 e. The molecule has 0 aliphatic heterocycles. The van der Waals surface area contributed by atoms with E-state index in [0.717, 1.165) is 47.9 Å². The number of rotatable bonds is 7. The van der Waals surface area contributed by atoms with Crippen LogP contribution in [0, 0.1) is 5.41 Å². The SMILES string of the molecule is CC1(C)CCC(N(Cc2ccc(-c3cccc(C(=O)NCc4ccccc4)c3)cc2)C(=O)OC(C)(C)C)CC1. The molecule has 0 saturated heterocycles. The molecule has 0 aromatic heterocycles. The van der Waals surface area contributed by atoms with Gasteiger partial charge in [-0.05, 0) is 86.3 Å². The lowest BCUT2D eigenvalue weighted by Crippen LogP contribution is -2.45. The first-order chi connectivity index (χ1) is 18.5. The van der Waals surface area contributed by atoms with Crippen molar-refractivity contribution < 1.29 is 14.3 Å². The van der Waals surface area contributed by atoms with Gasteiger partial charge in [0, 0.05) is 24.7 Å². The molecule has 5 heteroatoms. The van der Waals surface area contributed by atoms with E-state index in [2.05, 4.69) is 43.4 Å². The van der Waals surface area contributed by atoms with Gasteiger partial charge in [0.1, 0.15) is 5.60 Å². The zero-order valence-corrected chi connectivity index (χ0v) is 24.0. The van der Waals surface area contributed by atoms with Crippen LogP contribution in [0.25, 0.3) is 11.1 Å². The van der Waals surface area contributed by atoms with E-state index in [1.165, 1.54) is 0 Å². The Bertz CT molecular complexity index is 1250. The molecule has 0 atom stereocenters. The molecule has 1 aliphatic rings. The van der Waals surface area contributed by atoms with Gasteiger partial charge in [-0.15, -0.1) is 0 Å². The van der Waals surface area contributed by atoms with Crippen molar-refractivity contribution in [3.05, 3.63) is 95.6 Å². The standard InChI is InChI=1S/C34H42N2O3/c1-33(2,3)39-32(38)36(30-18-20-34(4,5)21-19-30)24-26-14-16-27(17-15-26)28-12-9-13-29(22-28)31(37)35-23-25-10-7-6-8-11-25/h6-17,22,30H,18-21,23-24H2,1-5H3,(H,35,37). The number of carbonyl (C=O) groups excluding carboxylic acids is 2. The maximum Gasteiger partial charge on any atom is 0.410 e. The van der Waals surface area contributed by atoms with E-state index in [1.807, 2.05) is 80.3 Å². The highest BCUT2D eigenvalue weighted by Gasteiger charge is 2.34. The summed E-state index contributed by atoms with van der Waals surface area (Å²) in [5.74, 6) is -0.0963. The van der Waals surface area contributed by atoms with Gasteiger partial charge in [-0.1, -0.05) is 80.6 Å². The van der Waals surface area contributed by atoms with Crippen molar-refractivity contribution in [2.45, 2.75) is 85.0 Å². The molecule has 3 aromatic rings. The number of benzene rings is 3. The molecule has 1 saturated carbocycles. The first kappa shape index (κ1) is 28.4. The Kier molecular flexibility index (Phi) is 8.79. The van der Waals surface area contributed by atoms with Gasteiger partial charge in [0.25, 0.3) is 5.91 Å². The van der Waals surface area contributed by atoms with Gasteiger partial charge in [0.05, 0.1) is 0 Å². The Labute approximate surface area is 233 Å². The molecule has 0 spiro atoms. The van der Waals surface area contributed by atoms with Crippen LogP contribution in [0.2, 0.25) is 0 Å². The number of ether oxygens (including phenoxy) is 1. The fourth-order valence-corrected chi connectivity index (χ4v) is 5.08. The number of carbonyl (C=O) groups is 2. The summed E-state index contributed by atoms with van der Waals surface area (Å²) >= 11 is 0. The summed E-state index contributed by atoms with van der Waals surface area (Å²) in [7, 11) is 0. The molecule has 1 fully saturated rings. The third kappa shape index (κ3) is 8.19. The van der Waals surface area contributed by atoms with Gasteiger partial charge in [0.15, 0.2) is 0 Å². The van der Waals surface area contributed by atoms with Crippen molar-refractivity contribution in [3.8, 4) is 11.1 Å². The average molecular weight is 527 g/mol. The Hall–Kier alpha value is -3.60. The fourth-order valence-electron chi connectivity index (χ4n) is 5.08. The minimum atomic E-state index is -0.536. The summed E-state index contributed by atoms with van der Waals surface area (Å²) in [5, 5.41) is 3.00. The van der Waals surface area contributed by atoms with Crippen LogP contribution in [0.5, 0.6) is 0 Å². The zero-order valence-electron chi connectivity index (χ0n) is 24.0. The van der Waals surface area contributed by atoms with E-state index in [0.29, 0.717) is 24.1 Å². The van der Waals surface area contributed by atoms with Crippen LogP contribution in [0.15, 0.2) is 78.9 Å².